The first kappa shape index (κ1) is 17.0. The lowest BCUT2D eigenvalue weighted by Crippen LogP contribution is -2.29. The fourth-order valence-corrected chi connectivity index (χ4v) is 3.69. The van der Waals surface area contributed by atoms with Gasteiger partial charge < -0.3 is 4.52 Å². The number of hydrogen-bond donors (Lipinski definition) is 1. The van der Waals surface area contributed by atoms with Gasteiger partial charge in [0.2, 0.25) is 11.7 Å². The SMILES string of the molecule is Cc1nc(-c2ccnc(-c3cc4c(CN5CCCCC5)[nH]nc4cn3)c2)no1. The highest BCUT2D eigenvalue weighted by atomic mass is 16.5. The molecule has 28 heavy (non-hydrogen) atoms. The van der Waals surface area contributed by atoms with Crippen molar-refractivity contribution >= 4 is 10.9 Å². The number of rotatable bonds is 4. The summed E-state index contributed by atoms with van der Waals surface area (Å²) in [7, 11) is 0. The minimum atomic E-state index is 0.536. The maximum atomic E-state index is 5.09. The van der Waals surface area contributed by atoms with Crippen LogP contribution in [0.3, 0.4) is 0 Å². The molecule has 0 saturated carbocycles. The van der Waals surface area contributed by atoms with Crippen molar-refractivity contribution < 1.29 is 4.52 Å². The molecule has 8 nitrogen and oxygen atoms in total. The molecule has 8 heteroatoms. The Hall–Kier alpha value is -3.13. The summed E-state index contributed by atoms with van der Waals surface area (Å²) in [6, 6.07) is 5.86. The van der Waals surface area contributed by atoms with Crippen molar-refractivity contribution in [2.45, 2.75) is 32.7 Å². The van der Waals surface area contributed by atoms with Gasteiger partial charge in [-0.1, -0.05) is 11.6 Å². The molecule has 1 saturated heterocycles. The van der Waals surface area contributed by atoms with Gasteiger partial charge in [-0.3, -0.25) is 20.0 Å². The van der Waals surface area contributed by atoms with Gasteiger partial charge >= 0.3 is 0 Å². The first-order valence-electron chi connectivity index (χ1n) is 9.59. The summed E-state index contributed by atoms with van der Waals surface area (Å²) in [6.07, 6.45) is 7.41. The number of fused-ring (bicyclic) bond motifs is 1. The molecular formula is C20H21N7O. The Bertz CT molecular complexity index is 1110. The smallest absolute Gasteiger partial charge is 0.223 e. The third-order valence-corrected chi connectivity index (χ3v) is 5.16. The van der Waals surface area contributed by atoms with Crippen LogP contribution < -0.4 is 0 Å². The van der Waals surface area contributed by atoms with Gasteiger partial charge in [-0.05, 0) is 44.1 Å². The number of H-pyrrole nitrogens is 1. The predicted molar refractivity (Wildman–Crippen MR) is 104 cm³/mol. The van der Waals surface area contributed by atoms with Gasteiger partial charge in [0.1, 0.15) is 5.52 Å². The molecule has 142 valence electrons. The maximum absolute atomic E-state index is 5.09. The fraction of sp³-hybridized carbons (Fsp3) is 0.350. The van der Waals surface area contributed by atoms with Gasteiger partial charge in [0.25, 0.3) is 0 Å². The van der Waals surface area contributed by atoms with Crippen molar-refractivity contribution in [3.05, 3.63) is 42.2 Å². The molecule has 0 spiro atoms. The Kier molecular flexibility index (Phi) is 4.32. The summed E-state index contributed by atoms with van der Waals surface area (Å²) in [5.74, 6) is 1.09. The quantitative estimate of drug-likeness (QED) is 0.584. The van der Waals surface area contributed by atoms with E-state index < -0.39 is 0 Å². The number of nitrogens with zero attached hydrogens (tertiary/aromatic N) is 6. The lowest BCUT2D eigenvalue weighted by Gasteiger charge is -2.25. The monoisotopic (exact) mass is 375 g/mol. The Balaban J connectivity index is 1.48. The van der Waals surface area contributed by atoms with E-state index in [1.807, 2.05) is 12.1 Å². The normalized spacial score (nSPS) is 15.3. The van der Waals surface area contributed by atoms with E-state index in [-0.39, 0.29) is 0 Å². The Morgan fingerprint density at radius 3 is 2.79 bits per heavy atom. The van der Waals surface area contributed by atoms with Gasteiger partial charge in [-0.15, -0.1) is 0 Å². The maximum Gasteiger partial charge on any atom is 0.223 e. The molecule has 5 rings (SSSR count). The standard InChI is InChI=1S/C20H21N7O/c1-13-23-20(26-28-13)14-5-6-21-16(9-14)17-10-15-18(11-22-17)24-25-19(15)12-27-7-3-2-4-8-27/h5-6,9-11H,2-4,7-8,12H2,1H3,(H,24,25). The van der Waals surface area contributed by atoms with Crippen LogP contribution in [-0.4, -0.2) is 48.3 Å². The molecule has 5 heterocycles. The minimum absolute atomic E-state index is 0.536. The lowest BCUT2D eigenvalue weighted by molar-refractivity contribution is 0.219. The third kappa shape index (κ3) is 3.27. The summed E-state index contributed by atoms with van der Waals surface area (Å²) in [4.78, 5) is 15.8. The van der Waals surface area contributed by atoms with Crippen molar-refractivity contribution in [3.8, 4) is 22.8 Å². The summed E-state index contributed by atoms with van der Waals surface area (Å²) in [5.41, 5.74) is 4.43. The van der Waals surface area contributed by atoms with Crippen LogP contribution >= 0.6 is 0 Å². The number of likely N-dealkylation sites (tertiary alicyclic amines) is 1. The average Bonchev–Trinajstić information content (AvgIpc) is 3.35. The number of nitrogens with one attached hydrogen (secondary N) is 1. The molecule has 0 amide bonds. The Labute approximate surface area is 162 Å². The van der Waals surface area contributed by atoms with Crippen molar-refractivity contribution in [3.63, 3.8) is 0 Å². The first-order chi connectivity index (χ1) is 13.8. The number of aromatic amines is 1. The van der Waals surface area contributed by atoms with E-state index in [2.05, 4.69) is 41.3 Å². The van der Waals surface area contributed by atoms with Crippen LogP contribution in [-0.2, 0) is 6.54 Å². The second-order valence-electron chi connectivity index (χ2n) is 7.19. The Morgan fingerprint density at radius 2 is 1.96 bits per heavy atom. The minimum Gasteiger partial charge on any atom is -0.339 e. The average molecular weight is 375 g/mol. The zero-order valence-electron chi connectivity index (χ0n) is 15.7. The lowest BCUT2D eigenvalue weighted by atomic mass is 10.1. The van der Waals surface area contributed by atoms with Crippen LogP contribution in [0.4, 0.5) is 0 Å². The van der Waals surface area contributed by atoms with Crippen LogP contribution in [0.15, 0.2) is 35.1 Å². The number of aromatic nitrogens is 6. The second-order valence-corrected chi connectivity index (χ2v) is 7.19. The molecular weight excluding hydrogens is 354 g/mol. The van der Waals surface area contributed by atoms with Crippen LogP contribution in [0.5, 0.6) is 0 Å². The van der Waals surface area contributed by atoms with Crippen molar-refractivity contribution in [2.75, 3.05) is 13.1 Å². The van der Waals surface area contributed by atoms with Gasteiger partial charge in [-0.2, -0.15) is 10.1 Å². The molecule has 1 aliphatic heterocycles. The molecule has 1 aliphatic rings. The summed E-state index contributed by atoms with van der Waals surface area (Å²) in [5, 5.41) is 12.7. The van der Waals surface area contributed by atoms with Gasteiger partial charge in [0, 0.05) is 30.6 Å². The van der Waals surface area contributed by atoms with Gasteiger partial charge in [-0.25, -0.2) is 0 Å². The van der Waals surface area contributed by atoms with Crippen LogP contribution in [0.25, 0.3) is 33.7 Å². The summed E-state index contributed by atoms with van der Waals surface area (Å²) in [6.45, 7) is 4.95. The summed E-state index contributed by atoms with van der Waals surface area (Å²) < 4.78 is 5.09. The van der Waals surface area contributed by atoms with E-state index in [0.717, 1.165) is 53.2 Å². The molecule has 1 fully saturated rings. The molecule has 4 aromatic rings. The fourth-order valence-electron chi connectivity index (χ4n) is 3.69. The molecule has 0 aromatic carbocycles. The number of pyridine rings is 2. The predicted octanol–water partition coefficient (Wildman–Crippen LogP) is 3.36. The van der Waals surface area contributed by atoms with Crippen LogP contribution in [0.1, 0.15) is 30.8 Å². The van der Waals surface area contributed by atoms with E-state index in [0.29, 0.717) is 11.7 Å². The number of hydrogen-bond acceptors (Lipinski definition) is 7. The highest BCUT2D eigenvalue weighted by molar-refractivity contribution is 5.84. The highest BCUT2D eigenvalue weighted by Crippen LogP contribution is 2.26. The van der Waals surface area contributed by atoms with E-state index in [1.54, 1.807) is 19.3 Å². The van der Waals surface area contributed by atoms with Gasteiger partial charge in [0.15, 0.2) is 0 Å². The molecule has 0 atom stereocenters. The molecule has 0 bridgehead atoms. The third-order valence-electron chi connectivity index (χ3n) is 5.16. The molecule has 0 unspecified atom stereocenters. The largest absolute Gasteiger partial charge is 0.339 e. The van der Waals surface area contributed by atoms with Crippen LogP contribution in [0.2, 0.25) is 0 Å². The molecule has 0 aliphatic carbocycles. The van der Waals surface area contributed by atoms with E-state index in [4.69, 9.17) is 4.52 Å². The summed E-state index contributed by atoms with van der Waals surface area (Å²) >= 11 is 0. The zero-order chi connectivity index (χ0) is 18.9. The second kappa shape index (κ2) is 7.12. The van der Waals surface area contributed by atoms with E-state index in [1.165, 1.54) is 19.3 Å². The van der Waals surface area contributed by atoms with Crippen molar-refractivity contribution in [2.24, 2.45) is 0 Å². The van der Waals surface area contributed by atoms with E-state index >= 15 is 0 Å². The molecule has 0 radical (unpaired) electrons. The Morgan fingerprint density at radius 1 is 1.11 bits per heavy atom. The van der Waals surface area contributed by atoms with Crippen molar-refractivity contribution in [1.29, 1.82) is 0 Å². The number of aryl methyl sites for hydroxylation is 1. The molecule has 1 N–H and O–H groups in total. The molecule has 4 aromatic heterocycles. The van der Waals surface area contributed by atoms with Crippen molar-refractivity contribution in [1.82, 2.24) is 35.2 Å². The number of piperidine rings is 1. The zero-order valence-corrected chi connectivity index (χ0v) is 15.7. The topological polar surface area (TPSA) is 96.6 Å². The van der Waals surface area contributed by atoms with Gasteiger partial charge in [0.05, 0.1) is 23.3 Å². The van der Waals surface area contributed by atoms with E-state index in [9.17, 15) is 0 Å². The van der Waals surface area contributed by atoms with Crippen LogP contribution in [0, 0.1) is 6.92 Å². The highest BCUT2D eigenvalue weighted by Gasteiger charge is 2.15. The first-order valence-corrected chi connectivity index (χ1v) is 9.59.